The Balaban J connectivity index is 1.83. The summed E-state index contributed by atoms with van der Waals surface area (Å²) in [6.07, 6.45) is 1.17. The van der Waals surface area contributed by atoms with E-state index in [0.717, 1.165) is 26.1 Å². The van der Waals surface area contributed by atoms with E-state index in [0.29, 0.717) is 6.54 Å². The van der Waals surface area contributed by atoms with Gasteiger partial charge in [-0.2, -0.15) is 0 Å². The minimum Gasteiger partial charge on any atom is -0.486 e. The smallest absolute Gasteiger partial charge is 0.310 e. The molecule has 1 aromatic carbocycles. The van der Waals surface area contributed by atoms with Crippen LogP contribution in [0.15, 0.2) is 24.3 Å². The van der Waals surface area contributed by atoms with Gasteiger partial charge < -0.3 is 15.0 Å². The van der Waals surface area contributed by atoms with Gasteiger partial charge in [-0.1, -0.05) is 12.1 Å². The Morgan fingerprint density at radius 3 is 2.95 bits per heavy atom. The van der Waals surface area contributed by atoms with Crippen LogP contribution in [-0.2, 0) is 4.79 Å². The first-order chi connectivity index (χ1) is 10.2. The highest BCUT2D eigenvalue weighted by molar-refractivity contribution is 5.76. The molecule has 114 valence electrons. The van der Waals surface area contributed by atoms with E-state index >= 15 is 0 Å². The van der Waals surface area contributed by atoms with Crippen molar-refractivity contribution in [2.45, 2.75) is 12.8 Å². The number of nitrogens with one attached hydrogen (secondary N) is 1. The number of nitro benzene ring substituents is 1. The lowest BCUT2D eigenvalue weighted by Crippen LogP contribution is -2.34. The summed E-state index contributed by atoms with van der Waals surface area (Å²) in [5, 5.41) is 14.1. The lowest BCUT2D eigenvalue weighted by atomic mass is 10.3. The molecule has 1 amide bonds. The lowest BCUT2D eigenvalue weighted by molar-refractivity contribution is -0.385. The Hall–Kier alpha value is -2.15. The molecule has 0 unspecified atom stereocenters. The van der Waals surface area contributed by atoms with E-state index in [1.807, 2.05) is 4.90 Å². The van der Waals surface area contributed by atoms with Crippen molar-refractivity contribution in [1.82, 2.24) is 10.2 Å². The fourth-order valence-corrected chi connectivity index (χ4v) is 2.23. The van der Waals surface area contributed by atoms with Crippen LogP contribution >= 0.6 is 0 Å². The van der Waals surface area contributed by atoms with E-state index < -0.39 is 4.92 Å². The maximum Gasteiger partial charge on any atom is 0.310 e. The van der Waals surface area contributed by atoms with E-state index in [2.05, 4.69) is 5.32 Å². The standard InChI is InChI=1S/C14H19N3O4/c18-14(16-9-3-7-15-8-10-16)6-11-21-13-5-2-1-4-12(13)17(19)20/h1-2,4-5,15H,3,6-11H2. The summed E-state index contributed by atoms with van der Waals surface area (Å²) in [5.41, 5.74) is -0.0797. The third kappa shape index (κ3) is 4.42. The van der Waals surface area contributed by atoms with Gasteiger partial charge in [-0.3, -0.25) is 14.9 Å². The molecule has 0 bridgehead atoms. The topological polar surface area (TPSA) is 84.7 Å². The molecule has 0 aromatic heterocycles. The van der Waals surface area contributed by atoms with Gasteiger partial charge in [0.05, 0.1) is 18.0 Å². The highest BCUT2D eigenvalue weighted by Gasteiger charge is 2.17. The first-order valence-electron chi connectivity index (χ1n) is 7.03. The second-order valence-electron chi connectivity index (χ2n) is 4.81. The average Bonchev–Trinajstić information content (AvgIpc) is 2.76. The van der Waals surface area contributed by atoms with Crippen molar-refractivity contribution in [3.05, 3.63) is 34.4 Å². The van der Waals surface area contributed by atoms with E-state index in [4.69, 9.17) is 4.74 Å². The molecule has 1 fully saturated rings. The van der Waals surface area contributed by atoms with Crippen LogP contribution < -0.4 is 10.1 Å². The number of carbonyl (C=O) groups is 1. The van der Waals surface area contributed by atoms with Crippen LogP contribution in [-0.4, -0.2) is 48.5 Å². The average molecular weight is 293 g/mol. The zero-order chi connectivity index (χ0) is 15.1. The number of carbonyl (C=O) groups excluding carboxylic acids is 1. The van der Waals surface area contributed by atoms with Crippen LogP contribution in [0.2, 0.25) is 0 Å². The predicted molar refractivity (Wildman–Crippen MR) is 77.3 cm³/mol. The molecule has 21 heavy (non-hydrogen) atoms. The first-order valence-corrected chi connectivity index (χ1v) is 7.03. The molecule has 1 aromatic rings. The van der Waals surface area contributed by atoms with Crippen LogP contribution in [0.4, 0.5) is 5.69 Å². The van der Waals surface area contributed by atoms with Gasteiger partial charge in [0, 0.05) is 25.7 Å². The maximum atomic E-state index is 12.0. The zero-order valence-electron chi connectivity index (χ0n) is 11.8. The minimum atomic E-state index is -0.488. The molecule has 0 atom stereocenters. The van der Waals surface area contributed by atoms with Crippen molar-refractivity contribution < 1.29 is 14.5 Å². The number of amides is 1. The highest BCUT2D eigenvalue weighted by atomic mass is 16.6. The van der Waals surface area contributed by atoms with Crippen LogP contribution in [0, 0.1) is 10.1 Å². The number of rotatable bonds is 5. The number of benzene rings is 1. The Morgan fingerprint density at radius 2 is 2.14 bits per heavy atom. The monoisotopic (exact) mass is 293 g/mol. The van der Waals surface area contributed by atoms with Gasteiger partial charge in [0.15, 0.2) is 5.75 Å². The van der Waals surface area contributed by atoms with Crippen LogP contribution in [0.5, 0.6) is 5.75 Å². The zero-order valence-corrected chi connectivity index (χ0v) is 11.8. The number of hydrogen-bond donors (Lipinski definition) is 1. The highest BCUT2D eigenvalue weighted by Crippen LogP contribution is 2.25. The number of nitro groups is 1. The normalized spacial score (nSPS) is 15.3. The largest absolute Gasteiger partial charge is 0.486 e. The van der Waals surface area contributed by atoms with Crippen molar-refractivity contribution in [2.24, 2.45) is 0 Å². The van der Waals surface area contributed by atoms with Gasteiger partial charge in [-0.25, -0.2) is 0 Å². The van der Waals surface area contributed by atoms with Crippen LogP contribution in [0.1, 0.15) is 12.8 Å². The molecule has 0 aliphatic carbocycles. The third-order valence-corrected chi connectivity index (χ3v) is 3.33. The molecular formula is C14H19N3O4. The first kappa shape index (κ1) is 15.2. The van der Waals surface area contributed by atoms with E-state index in [-0.39, 0.29) is 30.4 Å². The van der Waals surface area contributed by atoms with Crippen LogP contribution in [0.3, 0.4) is 0 Å². The van der Waals surface area contributed by atoms with E-state index in [1.54, 1.807) is 18.2 Å². The summed E-state index contributed by atoms with van der Waals surface area (Å²) < 4.78 is 5.39. The molecule has 7 heteroatoms. The molecule has 1 N–H and O–H groups in total. The summed E-state index contributed by atoms with van der Waals surface area (Å²) in [7, 11) is 0. The SMILES string of the molecule is O=C(CCOc1ccccc1[N+](=O)[O-])N1CCCNCC1. The van der Waals surface area contributed by atoms with Gasteiger partial charge in [-0.05, 0) is 19.0 Å². The number of ether oxygens (including phenoxy) is 1. The van der Waals surface area contributed by atoms with Gasteiger partial charge >= 0.3 is 5.69 Å². The molecule has 1 aliphatic heterocycles. The number of para-hydroxylation sites is 2. The quantitative estimate of drug-likeness (QED) is 0.651. The number of hydrogen-bond acceptors (Lipinski definition) is 5. The van der Waals surface area contributed by atoms with E-state index in [1.165, 1.54) is 6.07 Å². The van der Waals surface area contributed by atoms with Gasteiger partial charge in [0.2, 0.25) is 5.91 Å². The molecule has 0 spiro atoms. The van der Waals surface area contributed by atoms with Crippen molar-refractivity contribution >= 4 is 11.6 Å². The molecule has 1 heterocycles. The number of nitrogens with zero attached hydrogens (tertiary/aromatic N) is 2. The summed E-state index contributed by atoms with van der Waals surface area (Å²) in [6.45, 7) is 3.32. The van der Waals surface area contributed by atoms with Crippen LogP contribution in [0.25, 0.3) is 0 Å². The van der Waals surface area contributed by atoms with Crippen molar-refractivity contribution in [3.8, 4) is 5.75 Å². The van der Waals surface area contributed by atoms with Gasteiger partial charge in [-0.15, -0.1) is 0 Å². The molecule has 0 saturated carbocycles. The second kappa shape index (κ2) is 7.58. The third-order valence-electron chi connectivity index (χ3n) is 3.33. The Kier molecular flexibility index (Phi) is 5.51. The molecular weight excluding hydrogens is 274 g/mol. The molecule has 2 rings (SSSR count). The minimum absolute atomic E-state index is 0.0253. The molecule has 0 radical (unpaired) electrons. The Labute approximate surface area is 123 Å². The molecule has 7 nitrogen and oxygen atoms in total. The predicted octanol–water partition coefficient (Wildman–Crippen LogP) is 1.19. The summed E-state index contributed by atoms with van der Waals surface area (Å²) in [5.74, 6) is 0.227. The van der Waals surface area contributed by atoms with E-state index in [9.17, 15) is 14.9 Å². The van der Waals surface area contributed by atoms with Crippen molar-refractivity contribution in [3.63, 3.8) is 0 Å². The maximum absolute atomic E-state index is 12.0. The summed E-state index contributed by atoms with van der Waals surface area (Å²) in [6, 6.07) is 6.18. The van der Waals surface area contributed by atoms with Crippen molar-refractivity contribution in [1.29, 1.82) is 0 Å². The Morgan fingerprint density at radius 1 is 1.33 bits per heavy atom. The van der Waals surface area contributed by atoms with Crippen molar-refractivity contribution in [2.75, 3.05) is 32.8 Å². The summed E-state index contributed by atoms with van der Waals surface area (Å²) >= 11 is 0. The second-order valence-corrected chi connectivity index (χ2v) is 4.81. The summed E-state index contributed by atoms with van der Waals surface area (Å²) in [4.78, 5) is 24.2. The molecule has 1 saturated heterocycles. The Bertz CT molecular complexity index is 499. The lowest BCUT2D eigenvalue weighted by Gasteiger charge is -2.19. The van der Waals surface area contributed by atoms with Gasteiger partial charge in [0.1, 0.15) is 0 Å². The fourth-order valence-electron chi connectivity index (χ4n) is 2.23. The fraction of sp³-hybridized carbons (Fsp3) is 0.500. The molecule has 1 aliphatic rings. The van der Waals surface area contributed by atoms with Gasteiger partial charge in [0.25, 0.3) is 0 Å².